The van der Waals surface area contributed by atoms with Crippen molar-refractivity contribution in [2.24, 2.45) is 17.3 Å². The third-order valence-corrected chi connectivity index (χ3v) is 7.05. The van der Waals surface area contributed by atoms with E-state index in [1.165, 1.54) is 37.7 Å². The summed E-state index contributed by atoms with van der Waals surface area (Å²) in [6.45, 7) is 3.76. The summed E-state index contributed by atoms with van der Waals surface area (Å²) < 4.78 is 0. The number of aliphatic hydroxyl groups is 1. The van der Waals surface area contributed by atoms with Crippen molar-refractivity contribution in [1.82, 2.24) is 4.90 Å². The van der Waals surface area contributed by atoms with Gasteiger partial charge in [-0.3, -0.25) is 4.79 Å². The molecular weight excluding hydrogens is 310 g/mol. The molecule has 1 spiro atoms. The Hall–Kier alpha value is -1.35. The van der Waals surface area contributed by atoms with Crippen LogP contribution in [0.4, 0.5) is 0 Å². The monoisotopic (exact) mass is 339 g/mol. The van der Waals surface area contributed by atoms with Gasteiger partial charge in [0.15, 0.2) is 0 Å². The molecule has 1 aromatic carbocycles. The minimum Gasteiger partial charge on any atom is -0.390 e. The Morgan fingerprint density at radius 1 is 1.20 bits per heavy atom. The predicted octanol–water partition coefficient (Wildman–Crippen LogP) is 3.51. The lowest BCUT2D eigenvalue weighted by Crippen LogP contribution is -2.66. The van der Waals surface area contributed by atoms with Crippen LogP contribution in [0.5, 0.6) is 0 Å². The minimum absolute atomic E-state index is 0.0772. The van der Waals surface area contributed by atoms with Gasteiger partial charge in [0.1, 0.15) is 0 Å². The highest BCUT2D eigenvalue weighted by Gasteiger charge is 2.55. The minimum atomic E-state index is -0.598. The van der Waals surface area contributed by atoms with Gasteiger partial charge in [-0.25, -0.2) is 0 Å². The first-order valence-corrected chi connectivity index (χ1v) is 10.0. The molecule has 0 unspecified atom stereocenters. The van der Waals surface area contributed by atoms with Gasteiger partial charge in [-0.15, -0.1) is 0 Å². The van der Waals surface area contributed by atoms with Crippen molar-refractivity contribution < 1.29 is 9.90 Å². The summed E-state index contributed by atoms with van der Waals surface area (Å²) in [5.74, 6) is 2.01. The Morgan fingerprint density at radius 2 is 1.92 bits per heavy atom. The van der Waals surface area contributed by atoms with E-state index in [4.69, 9.17) is 0 Å². The molecule has 3 nitrogen and oxygen atoms in total. The van der Waals surface area contributed by atoms with E-state index in [2.05, 4.69) is 24.3 Å². The summed E-state index contributed by atoms with van der Waals surface area (Å²) in [4.78, 5) is 14.5. The standard InChI is InChI=1S/C22H29NO2/c1-21(25)11-19(12-21)20(24)23-13-22(14-23)9-16(10-22)7-15-3-2-4-18(8-15)17-5-6-17/h2-4,8,16-17,19,25H,5-7,9-14H2,1H3. The van der Waals surface area contributed by atoms with Crippen molar-refractivity contribution in [3.05, 3.63) is 35.4 Å². The van der Waals surface area contributed by atoms with Gasteiger partial charge >= 0.3 is 0 Å². The second kappa shape index (κ2) is 5.33. The smallest absolute Gasteiger partial charge is 0.225 e. The Balaban J connectivity index is 1.10. The van der Waals surface area contributed by atoms with Crippen LogP contribution in [0.15, 0.2) is 24.3 Å². The zero-order chi connectivity index (χ0) is 17.2. The molecule has 25 heavy (non-hydrogen) atoms. The SMILES string of the molecule is CC1(O)CC(C(=O)N2CC3(CC(Cc4cccc(C5CC5)c4)C3)C2)C1. The van der Waals surface area contributed by atoms with E-state index >= 15 is 0 Å². The summed E-state index contributed by atoms with van der Waals surface area (Å²) in [6.07, 6.45) is 7.82. The molecule has 4 fully saturated rings. The highest BCUT2D eigenvalue weighted by Crippen LogP contribution is 2.54. The van der Waals surface area contributed by atoms with E-state index in [1.54, 1.807) is 5.56 Å². The van der Waals surface area contributed by atoms with E-state index < -0.39 is 5.60 Å². The fraction of sp³-hybridized carbons (Fsp3) is 0.682. The third-order valence-electron chi connectivity index (χ3n) is 7.05. The molecule has 1 aromatic rings. The van der Waals surface area contributed by atoms with E-state index in [0.717, 1.165) is 24.9 Å². The number of hydrogen-bond donors (Lipinski definition) is 1. The fourth-order valence-corrected chi connectivity index (χ4v) is 5.65. The lowest BCUT2D eigenvalue weighted by molar-refractivity contribution is -0.171. The van der Waals surface area contributed by atoms with E-state index in [0.29, 0.717) is 18.3 Å². The van der Waals surface area contributed by atoms with Crippen LogP contribution in [-0.4, -0.2) is 34.6 Å². The molecule has 4 aliphatic rings. The number of carbonyl (C=O) groups is 1. The Kier molecular flexibility index (Phi) is 3.38. The summed E-state index contributed by atoms with van der Waals surface area (Å²) >= 11 is 0. The van der Waals surface area contributed by atoms with Gasteiger partial charge in [0.25, 0.3) is 0 Å². The summed E-state index contributed by atoms with van der Waals surface area (Å²) in [5.41, 5.74) is 2.89. The molecule has 1 aliphatic heterocycles. The molecule has 0 aromatic heterocycles. The number of rotatable bonds is 4. The van der Waals surface area contributed by atoms with Gasteiger partial charge < -0.3 is 10.0 Å². The summed E-state index contributed by atoms with van der Waals surface area (Å²) in [7, 11) is 0. The van der Waals surface area contributed by atoms with Crippen LogP contribution >= 0.6 is 0 Å². The molecule has 0 bridgehead atoms. The van der Waals surface area contributed by atoms with Crippen LogP contribution in [0.1, 0.15) is 62.5 Å². The van der Waals surface area contributed by atoms with Gasteiger partial charge in [-0.05, 0) is 74.8 Å². The van der Waals surface area contributed by atoms with Crippen LogP contribution in [-0.2, 0) is 11.2 Å². The first kappa shape index (κ1) is 15.9. The van der Waals surface area contributed by atoms with Crippen LogP contribution in [0.25, 0.3) is 0 Å². The quantitative estimate of drug-likeness (QED) is 0.912. The number of hydrogen-bond acceptors (Lipinski definition) is 2. The highest BCUT2D eigenvalue weighted by molar-refractivity contribution is 5.81. The normalized spacial score (nSPS) is 33.5. The van der Waals surface area contributed by atoms with E-state index in [1.807, 2.05) is 11.8 Å². The lowest BCUT2D eigenvalue weighted by Gasteiger charge is -2.60. The van der Waals surface area contributed by atoms with Crippen molar-refractivity contribution in [3.8, 4) is 0 Å². The van der Waals surface area contributed by atoms with Crippen LogP contribution in [0.3, 0.4) is 0 Å². The van der Waals surface area contributed by atoms with Crippen LogP contribution in [0.2, 0.25) is 0 Å². The molecule has 3 saturated carbocycles. The second-order valence-electron chi connectivity index (χ2n) is 9.79. The number of benzene rings is 1. The Morgan fingerprint density at radius 3 is 2.56 bits per heavy atom. The molecule has 3 aliphatic carbocycles. The fourth-order valence-electron chi connectivity index (χ4n) is 5.65. The molecule has 0 radical (unpaired) electrons. The first-order chi connectivity index (χ1) is 11.9. The second-order valence-corrected chi connectivity index (χ2v) is 9.79. The average molecular weight is 339 g/mol. The van der Waals surface area contributed by atoms with Gasteiger partial charge in [0.2, 0.25) is 5.91 Å². The average Bonchev–Trinajstić information content (AvgIpc) is 3.30. The van der Waals surface area contributed by atoms with Gasteiger partial charge in [-0.2, -0.15) is 0 Å². The Bertz CT molecular complexity index is 684. The number of amides is 1. The number of carbonyl (C=O) groups excluding carboxylic acids is 1. The zero-order valence-corrected chi connectivity index (χ0v) is 15.2. The lowest BCUT2D eigenvalue weighted by atomic mass is 9.56. The van der Waals surface area contributed by atoms with Gasteiger partial charge in [0, 0.05) is 24.4 Å². The Labute approximate surface area is 150 Å². The van der Waals surface area contributed by atoms with Crippen molar-refractivity contribution in [3.63, 3.8) is 0 Å². The van der Waals surface area contributed by atoms with E-state index in [9.17, 15) is 9.90 Å². The predicted molar refractivity (Wildman–Crippen MR) is 97.2 cm³/mol. The molecule has 0 atom stereocenters. The first-order valence-electron chi connectivity index (χ1n) is 10.0. The van der Waals surface area contributed by atoms with Crippen molar-refractivity contribution >= 4 is 5.91 Å². The highest BCUT2D eigenvalue weighted by atomic mass is 16.3. The van der Waals surface area contributed by atoms with Gasteiger partial charge in [0.05, 0.1) is 5.60 Å². The molecule has 1 amide bonds. The van der Waals surface area contributed by atoms with Crippen molar-refractivity contribution in [2.75, 3.05) is 13.1 Å². The van der Waals surface area contributed by atoms with Crippen molar-refractivity contribution in [2.45, 2.75) is 63.4 Å². The maximum absolute atomic E-state index is 12.4. The maximum atomic E-state index is 12.4. The molecular formula is C22H29NO2. The molecule has 1 heterocycles. The van der Waals surface area contributed by atoms with Crippen molar-refractivity contribution in [1.29, 1.82) is 0 Å². The van der Waals surface area contributed by atoms with Gasteiger partial charge in [-0.1, -0.05) is 24.3 Å². The largest absolute Gasteiger partial charge is 0.390 e. The number of nitrogens with zero attached hydrogens (tertiary/aromatic N) is 1. The maximum Gasteiger partial charge on any atom is 0.225 e. The topological polar surface area (TPSA) is 40.5 Å². The molecule has 5 rings (SSSR count). The molecule has 1 saturated heterocycles. The van der Waals surface area contributed by atoms with Crippen LogP contribution < -0.4 is 0 Å². The van der Waals surface area contributed by atoms with E-state index in [-0.39, 0.29) is 11.8 Å². The molecule has 134 valence electrons. The summed E-state index contributed by atoms with van der Waals surface area (Å²) in [5, 5.41) is 9.83. The molecule has 3 heteroatoms. The third kappa shape index (κ3) is 2.91. The number of likely N-dealkylation sites (tertiary alicyclic amines) is 1. The summed E-state index contributed by atoms with van der Waals surface area (Å²) in [6, 6.07) is 9.24. The molecule has 1 N–H and O–H groups in total. The zero-order valence-electron chi connectivity index (χ0n) is 15.2. The van der Waals surface area contributed by atoms with Crippen LogP contribution in [0, 0.1) is 17.3 Å².